The van der Waals surface area contributed by atoms with Crippen LogP contribution in [0, 0.1) is 5.92 Å². The van der Waals surface area contributed by atoms with Crippen molar-refractivity contribution in [1.29, 1.82) is 0 Å². The van der Waals surface area contributed by atoms with Gasteiger partial charge in [-0.05, 0) is 17.9 Å². The number of ether oxygens (including phenoxy) is 1. The quantitative estimate of drug-likeness (QED) is 0.752. The van der Waals surface area contributed by atoms with E-state index in [4.69, 9.17) is 9.84 Å². The Morgan fingerprint density at radius 2 is 2.00 bits per heavy atom. The molecule has 2 heteroatoms. The molecule has 78 valence electrons. The molecule has 14 heavy (non-hydrogen) atoms. The van der Waals surface area contributed by atoms with Gasteiger partial charge in [-0.15, -0.1) is 0 Å². The first-order valence-corrected chi connectivity index (χ1v) is 5.05. The molecule has 1 N–H and O–H groups in total. The lowest BCUT2D eigenvalue weighted by atomic mass is 10.1. The third-order valence-electron chi connectivity index (χ3n) is 2.14. The fraction of sp³-hybridized carbons (Fsp3) is 0.500. The maximum absolute atomic E-state index is 8.70. The molecule has 0 aliphatic rings. The highest BCUT2D eigenvalue weighted by molar-refractivity contribution is 5.13. The van der Waals surface area contributed by atoms with Gasteiger partial charge in [0.05, 0.1) is 6.61 Å². The number of benzene rings is 1. The summed E-state index contributed by atoms with van der Waals surface area (Å²) in [7, 11) is 0. The van der Waals surface area contributed by atoms with Crippen molar-refractivity contribution in [3.63, 3.8) is 0 Å². The molecule has 1 rings (SSSR count). The lowest BCUT2D eigenvalue weighted by molar-refractivity contribution is 0.0828. The van der Waals surface area contributed by atoms with Crippen molar-refractivity contribution < 1.29 is 9.84 Å². The van der Waals surface area contributed by atoms with Crippen LogP contribution in [-0.2, 0) is 11.3 Å². The van der Waals surface area contributed by atoms with Gasteiger partial charge in [0, 0.05) is 13.2 Å². The van der Waals surface area contributed by atoms with Crippen LogP contribution in [0.15, 0.2) is 30.3 Å². The van der Waals surface area contributed by atoms with E-state index in [2.05, 4.69) is 19.1 Å². The van der Waals surface area contributed by atoms with Gasteiger partial charge < -0.3 is 9.84 Å². The summed E-state index contributed by atoms with van der Waals surface area (Å²) in [6, 6.07) is 10.1. The van der Waals surface area contributed by atoms with Gasteiger partial charge in [0.1, 0.15) is 0 Å². The molecule has 0 saturated carbocycles. The van der Waals surface area contributed by atoms with Gasteiger partial charge in [-0.1, -0.05) is 37.3 Å². The summed E-state index contributed by atoms with van der Waals surface area (Å²) in [6.07, 6.45) is 0.814. The molecule has 0 aromatic heterocycles. The van der Waals surface area contributed by atoms with E-state index in [1.807, 2.05) is 18.2 Å². The molecular formula is C12H18O2. The first-order valence-electron chi connectivity index (χ1n) is 5.05. The zero-order valence-corrected chi connectivity index (χ0v) is 8.65. The molecule has 1 atom stereocenters. The van der Waals surface area contributed by atoms with E-state index in [-0.39, 0.29) is 6.61 Å². The van der Waals surface area contributed by atoms with Crippen LogP contribution in [0.2, 0.25) is 0 Å². The van der Waals surface area contributed by atoms with E-state index in [0.29, 0.717) is 12.5 Å². The summed E-state index contributed by atoms with van der Waals surface area (Å²) in [4.78, 5) is 0. The Morgan fingerprint density at radius 1 is 1.29 bits per heavy atom. The minimum absolute atomic E-state index is 0.246. The Bertz CT molecular complexity index is 233. The highest BCUT2D eigenvalue weighted by Crippen LogP contribution is 2.05. The normalized spacial score (nSPS) is 12.7. The van der Waals surface area contributed by atoms with Crippen LogP contribution >= 0.6 is 0 Å². The van der Waals surface area contributed by atoms with Crippen molar-refractivity contribution in [2.75, 3.05) is 13.2 Å². The van der Waals surface area contributed by atoms with E-state index >= 15 is 0 Å². The fourth-order valence-electron chi connectivity index (χ4n) is 1.26. The van der Waals surface area contributed by atoms with Crippen LogP contribution in [0.3, 0.4) is 0 Å². The Labute approximate surface area is 85.5 Å². The van der Waals surface area contributed by atoms with Gasteiger partial charge in [0.2, 0.25) is 0 Å². The van der Waals surface area contributed by atoms with Gasteiger partial charge in [0.15, 0.2) is 0 Å². The smallest absolute Gasteiger partial charge is 0.0717 e. The molecule has 1 aromatic rings. The highest BCUT2D eigenvalue weighted by atomic mass is 16.5. The molecule has 1 aromatic carbocycles. The topological polar surface area (TPSA) is 29.5 Å². The Balaban J connectivity index is 2.16. The molecule has 0 fully saturated rings. The van der Waals surface area contributed by atoms with E-state index in [0.717, 1.165) is 13.0 Å². The minimum Gasteiger partial charge on any atom is -0.396 e. The van der Waals surface area contributed by atoms with Gasteiger partial charge in [-0.3, -0.25) is 0 Å². The maximum atomic E-state index is 8.70. The SMILES string of the molecule is CC(CCO)COCc1ccccc1. The summed E-state index contributed by atoms with van der Waals surface area (Å²) in [5.74, 6) is 0.434. The molecule has 0 aliphatic carbocycles. The van der Waals surface area contributed by atoms with Gasteiger partial charge in [-0.2, -0.15) is 0 Å². The molecule has 1 unspecified atom stereocenters. The third-order valence-corrected chi connectivity index (χ3v) is 2.14. The zero-order valence-electron chi connectivity index (χ0n) is 8.65. The number of hydrogen-bond donors (Lipinski definition) is 1. The van der Waals surface area contributed by atoms with Crippen molar-refractivity contribution >= 4 is 0 Å². The first kappa shape index (κ1) is 11.2. The first-order chi connectivity index (χ1) is 6.83. The lowest BCUT2D eigenvalue weighted by Crippen LogP contribution is -2.07. The van der Waals surface area contributed by atoms with Crippen molar-refractivity contribution in [1.82, 2.24) is 0 Å². The van der Waals surface area contributed by atoms with Crippen molar-refractivity contribution in [2.24, 2.45) is 5.92 Å². The lowest BCUT2D eigenvalue weighted by Gasteiger charge is -2.10. The monoisotopic (exact) mass is 194 g/mol. The van der Waals surface area contributed by atoms with E-state index in [1.165, 1.54) is 5.56 Å². The number of hydrogen-bond acceptors (Lipinski definition) is 2. The molecule has 0 spiro atoms. The molecule has 0 amide bonds. The second-order valence-electron chi connectivity index (χ2n) is 3.62. The second-order valence-corrected chi connectivity index (χ2v) is 3.62. The summed E-state index contributed by atoms with van der Waals surface area (Å²) in [5, 5.41) is 8.70. The summed E-state index contributed by atoms with van der Waals surface area (Å²) >= 11 is 0. The largest absolute Gasteiger partial charge is 0.396 e. The van der Waals surface area contributed by atoms with Crippen LogP contribution in [0.4, 0.5) is 0 Å². The van der Waals surface area contributed by atoms with Crippen LogP contribution in [0.5, 0.6) is 0 Å². The van der Waals surface area contributed by atoms with Crippen LogP contribution in [0.1, 0.15) is 18.9 Å². The molecule has 0 saturated heterocycles. The maximum Gasteiger partial charge on any atom is 0.0717 e. The average molecular weight is 194 g/mol. The van der Waals surface area contributed by atoms with Crippen molar-refractivity contribution in [3.8, 4) is 0 Å². The van der Waals surface area contributed by atoms with Gasteiger partial charge >= 0.3 is 0 Å². The second kappa shape index (κ2) is 6.57. The third kappa shape index (κ3) is 4.40. The number of rotatable bonds is 6. The predicted molar refractivity (Wildman–Crippen MR) is 57.0 cm³/mol. The molecule has 0 bridgehead atoms. The van der Waals surface area contributed by atoms with Crippen LogP contribution < -0.4 is 0 Å². The molecule has 0 aliphatic heterocycles. The number of aliphatic hydroxyl groups excluding tert-OH is 1. The highest BCUT2D eigenvalue weighted by Gasteiger charge is 2.00. The summed E-state index contributed by atoms with van der Waals surface area (Å²) in [6.45, 7) is 3.71. The molecule has 0 heterocycles. The van der Waals surface area contributed by atoms with E-state index in [9.17, 15) is 0 Å². The Morgan fingerprint density at radius 3 is 2.64 bits per heavy atom. The minimum atomic E-state index is 0.246. The fourth-order valence-corrected chi connectivity index (χ4v) is 1.26. The molecular weight excluding hydrogens is 176 g/mol. The average Bonchev–Trinajstić information content (AvgIpc) is 2.20. The summed E-state index contributed by atoms with van der Waals surface area (Å²) < 4.78 is 5.52. The van der Waals surface area contributed by atoms with Crippen LogP contribution in [-0.4, -0.2) is 18.3 Å². The standard InChI is InChI=1S/C12H18O2/c1-11(7-8-13)9-14-10-12-5-3-2-4-6-12/h2-6,11,13H,7-10H2,1H3. The van der Waals surface area contributed by atoms with E-state index < -0.39 is 0 Å². The zero-order chi connectivity index (χ0) is 10.2. The van der Waals surface area contributed by atoms with Gasteiger partial charge in [0.25, 0.3) is 0 Å². The molecule has 2 nitrogen and oxygen atoms in total. The summed E-state index contributed by atoms with van der Waals surface area (Å²) in [5.41, 5.74) is 1.20. The van der Waals surface area contributed by atoms with Gasteiger partial charge in [-0.25, -0.2) is 0 Å². The Kier molecular flexibility index (Phi) is 5.27. The predicted octanol–water partition coefficient (Wildman–Crippen LogP) is 2.22. The molecule has 0 radical (unpaired) electrons. The van der Waals surface area contributed by atoms with E-state index in [1.54, 1.807) is 0 Å². The number of aliphatic hydroxyl groups is 1. The van der Waals surface area contributed by atoms with Crippen LogP contribution in [0.25, 0.3) is 0 Å². The Hall–Kier alpha value is -0.860. The van der Waals surface area contributed by atoms with Crippen molar-refractivity contribution in [2.45, 2.75) is 20.0 Å². The van der Waals surface area contributed by atoms with Crippen molar-refractivity contribution in [3.05, 3.63) is 35.9 Å².